The van der Waals surface area contributed by atoms with Crippen LogP contribution in [0.2, 0.25) is 10.0 Å². The molecule has 1 aliphatic rings. The van der Waals surface area contributed by atoms with Gasteiger partial charge in [-0.15, -0.1) is 23.1 Å². The molecular weight excluding hydrogens is 336 g/mol. The van der Waals surface area contributed by atoms with Gasteiger partial charge in [0.25, 0.3) is 0 Å². The van der Waals surface area contributed by atoms with Crippen LogP contribution in [-0.2, 0) is 0 Å². The minimum Gasteiger partial charge on any atom is -0.378 e. The van der Waals surface area contributed by atoms with E-state index >= 15 is 0 Å². The Morgan fingerprint density at radius 2 is 2.00 bits per heavy atom. The van der Waals surface area contributed by atoms with Crippen LogP contribution in [0.3, 0.4) is 0 Å². The molecule has 20 heavy (non-hydrogen) atoms. The molecule has 2 aromatic rings. The lowest BCUT2D eigenvalue weighted by molar-refractivity contribution is 0.628. The molecule has 2 heterocycles. The fraction of sp³-hybridized carbons (Fsp3) is 0.286. The highest BCUT2D eigenvalue weighted by Gasteiger charge is 2.26. The molecule has 0 saturated carbocycles. The van der Waals surface area contributed by atoms with Crippen LogP contribution in [0.15, 0.2) is 27.8 Å². The predicted octanol–water partition coefficient (Wildman–Crippen LogP) is 6.23. The van der Waals surface area contributed by atoms with E-state index in [0.29, 0.717) is 5.25 Å². The monoisotopic (exact) mass is 347 g/mol. The molecule has 0 radical (unpaired) electrons. The normalized spacial score (nSPS) is 21.6. The van der Waals surface area contributed by atoms with E-state index in [1.54, 1.807) is 23.5 Å². The zero-order chi connectivity index (χ0) is 14.3. The molecule has 0 fully saturated rings. The number of hydrogen-bond acceptors (Lipinski definition) is 3. The van der Waals surface area contributed by atoms with Gasteiger partial charge in [-0.1, -0.05) is 30.1 Å². The third-order valence-corrected chi connectivity index (χ3v) is 6.13. The van der Waals surface area contributed by atoms with Gasteiger partial charge in [0.1, 0.15) is 0 Å². The highest BCUT2D eigenvalue weighted by Crippen LogP contribution is 2.45. The molecule has 1 N–H and O–H groups in total. The summed E-state index contributed by atoms with van der Waals surface area (Å²) in [6.45, 7) is 2.21. The second-order valence-electron chi connectivity index (χ2n) is 4.78. The zero-order valence-corrected chi connectivity index (χ0v) is 13.8. The van der Waals surface area contributed by atoms with Crippen LogP contribution < -0.4 is 5.32 Å². The molecular formula is C14H12Cl2FNS2. The van der Waals surface area contributed by atoms with E-state index in [1.807, 2.05) is 11.8 Å². The minimum atomic E-state index is -0.567. The molecule has 2 atom stereocenters. The number of thioether (sulfide) groups is 1. The summed E-state index contributed by atoms with van der Waals surface area (Å²) in [7, 11) is 0. The maximum Gasteiger partial charge on any atom is 0.160 e. The molecule has 106 valence electrons. The van der Waals surface area contributed by atoms with E-state index < -0.39 is 5.82 Å². The van der Waals surface area contributed by atoms with Crippen LogP contribution in [-0.4, -0.2) is 5.25 Å². The van der Waals surface area contributed by atoms with Crippen molar-refractivity contribution in [1.29, 1.82) is 0 Å². The van der Waals surface area contributed by atoms with Gasteiger partial charge >= 0.3 is 0 Å². The fourth-order valence-corrected chi connectivity index (χ4v) is 5.38. The average molecular weight is 348 g/mol. The van der Waals surface area contributed by atoms with E-state index in [4.69, 9.17) is 23.2 Å². The summed E-state index contributed by atoms with van der Waals surface area (Å²) in [6.07, 6.45) is 1.01. The number of anilines is 1. The average Bonchev–Trinajstić information content (AvgIpc) is 2.84. The van der Waals surface area contributed by atoms with Crippen molar-refractivity contribution in [2.24, 2.45) is 0 Å². The Hall–Kier alpha value is -0.420. The first-order valence-electron chi connectivity index (χ1n) is 6.19. The lowest BCUT2D eigenvalue weighted by Crippen LogP contribution is -2.19. The molecule has 0 aliphatic carbocycles. The molecule has 1 aromatic carbocycles. The minimum absolute atomic E-state index is 0.0452. The van der Waals surface area contributed by atoms with Gasteiger partial charge in [0.15, 0.2) is 5.82 Å². The molecule has 6 heteroatoms. The van der Waals surface area contributed by atoms with Crippen molar-refractivity contribution >= 4 is 52.0 Å². The van der Waals surface area contributed by atoms with Gasteiger partial charge in [-0.25, -0.2) is 4.39 Å². The number of benzene rings is 1. The Morgan fingerprint density at radius 1 is 1.30 bits per heavy atom. The smallest absolute Gasteiger partial charge is 0.160 e. The summed E-state index contributed by atoms with van der Waals surface area (Å²) in [5.74, 6) is -0.567. The Morgan fingerprint density at radius 3 is 2.70 bits per heavy atom. The Bertz CT molecular complexity index is 621. The standard InChI is InChI=1S/C14H12Cl2FNS2/c1-7-4-12(9-2-3-19-14(9)20-7)18-8-5-10(15)13(17)11(16)6-8/h2-3,5-7,12,18H,4H2,1H3/t7-,12?/m0/s1. The third kappa shape index (κ3) is 2.80. The van der Waals surface area contributed by atoms with Crippen molar-refractivity contribution in [3.63, 3.8) is 0 Å². The summed E-state index contributed by atoms with van der Waals surface area (Å²) >= 11 is 15.4. The van der Waals surface area contributed by atoms with Crippen molar-refractivity contribution < 1.29 is 4.39 Å². The highest BCUT2D eigenvalue weighted by atomic mass is 35.5. The Kier molecular flexibility index (Phi) is 4.18. The van der Waals surface area contributed by atoms with Gasteiger partial charge in [0.05, 0.1) is 20.3 Å². The topological polar surface area (TPSA) is 12.0 Å². The van der Waals surface area contributed by atoms with Crippen LogP contribution >= 0.6 is 46.3 Å². The maximum absolute atomic E-state index is 13.4. The van der Waals surface area contributed by atoms with Crippen molar-refractivity contribution in [2.45, 2.75) is 28.8 Å². The van der Waals surface area contributed by atoms with Gasteiger partial charge in [-0.2, -0.15) is 0 Å². The molecule has 3 rings (SSSR count). The van der Waals surface area contributed by atoms with Crippen molar-refractivity contribution in [1.82, 2.24) is 0 Å². The molecule has 0 saturated heterocycles. The van der Waals surface area contributed by atoms with E-state index in [1.165, 1.54) is 9.77 Å². The quantitative estimate of drug-likeness (QED) is 0.646. The largest absolute Gasteiger partial charge is 0.378 e. The number of hydrogen-bond donors (Lipinski definition) is 1. The molecule has 0 bridgehead atoms. The Labute approximate surface area is 135 Å². The van der Waals surface area contributed by atoms with Gasteiger partial charge in [0, 0.05) is 10.9 Å². The molecule has 1 unspecified atom stereocenters. The molecule has 0 amide bonds. The van der Waals surface area contributed by atoms with Gasteiger partial charge in [-0.3, -0.25) is 0 Å². The van der Waals surface area contributed by atoms with Crippen LogP contribution in [0.1, 0.15) is 24.9 Å². The first-order valence-corrected chi connectivity index (χ1v) is 8.71. The van der Waals surface area contributed by atoms with Crippen molar-refractivity contribution in [3.8, 4) is 0 Å². The second-order valence-corrected chi connectivity index (χ2v) is 8.22. The summed E-state index contributed by atoms with van der Waals surface area (Å²) in [6, 6.07) is 5.52. The summed E-state index contributed by atoms with van der Waals surface area (Å²) in [4.78, 5) is 0. The number of nitrogens with one attached hydrogen (secondary N) is 1. The fourth-order valence-electron chi connectivity index (χ4n) is 2.33. The lowest BCUT2D eigenvalue weighted by Gasteiger charge is -2.28. The summed E-state index contributed by atoms with van der Waals surface area (Å²) in [5, 5.41) is 6.16. The highest BCUT2D eigenvalue weighted by molar-refractivity contribution is 8.01. The summed E-state index contributed by atoms with van der Waals surface area (Å²) < 4.78 is 14.8. The summed E-state index contributed by atoms with van der Waals surface area (Å²) in [5.41, 5.74) is 2.05. The number of halogens is 3. The van der Waals surface area contributed by atoms with Crippen LogP contribution in [0.25, 0.3) is 0 Å². The number of fused-ring (bicyclic) bond motifs is 1. The molecule has 0 spiro atoms. The van der Waals surface area contributed by atoms with Crippen LogP contribution in [0, 0.1) is 5.82 Å². The zero-order valence-electron chi connectivity index (χ0n) is 10.6. The molecule has 1 aromatic heterocycles. The van der Waals surface area contributed by atoms with Crippen LogP contribution in [0.5, 0.6) is 0 Å². The van der Waals surface area contributed by atoms with Crippen molar-refractivity contribution in [2.75, 3.05) is 5.32 Å². The van der Waals surface area contributed by atoms with E-state index in [-0.39, 0.29) is 16.1 Å². The first kappa shape index (κ1) is 14.5. The first-order chi connectivity index (χ1) is 9.54. The van der Waals surface area contributed by atoms with Gasteiger partial charge < -0.3 is 5.32 Å². The van der Waals surface area contributed by atoms with E-state index in [9.17, 15) is 4.39 Å². The van der Waals surface area contributed by atoms with Crippen molar-refractivity contribution in [3.05, 3.63) is 45.0 Å². The molecule has 1 aliphatic heterocycles. The lowest BCUT2D eigenvalue weighted by atomic mass is 10.0. The third-order valence-electron chi connectivity index (χ3n) is 3.23. The van der Waals surface area contributed by atoms with E-state index in [2.05, 4.69) is 23.7 Å². The number of rotatable bonds is 2. The van der Waals surface area contributed by atoms with Gasteiger partial charge in [0.2, 0.25) is 0 Å². The SMILES string of the molecule is C[C@H]1CC(Nc2cc(Cl)c(F)c(Cl)c2)c2ccsc2S1. The molecule has 1 nitrogen and oxygen atoms in total. The number of thiophene rings is 1. The Balaban J connectivity index is 1.89. The second kappa shape index (κ2) is 5.76. The predicted molar refractivity (Wildman–Crippen MR) is 87.0 cm³/mol. The van der Waals surface area contributed by atoms with E-state index in [0.717, 1.165) is 12.1 Å². The van der Waals surface area contributed by atoms with Gasteiger partial charge in [-0.05, 0) is 35.6 Å². The van der Waals surface area contributed by atoms with Crippen LogP contribution in [0.4, 0.5) is 10.1 Å². The maximum atomic E-state index is 13.4.